The van der Waals surface area contributed by atoms with Gasteiger partial charge in [0.15, 0.2) is 0 Å². The molecule has 2 saturated carbocycles. The number of nitrogens with one attached hydrogen (secondary N) is 4. The van der Waals surface area contributed by atoms with Gasteiger partial charge in [0.1, 0.15) is 17.7 Å². The molecule has 2 aromatic rings. The number of hydrogen-bond acceptors (Lipinski definition) is 7. The van der Waals surface area contributed by atoms with Gasteiger partial charge < -0.3 is 25.8 Å². The Labute approximate surface area is 335 Å². The lowest BCUT2D eigenvalue weighted by Gasteiger charge is -2.39. The van der Waals surface area contributed by atoms with Crippen molar-refractivity contribution in [1.29, 1.82) is 0 Å². The Hall–Kier alpha value is -3.63. The average Bonchev–Trinajstić information content (AvgIpc) is 3.95. The van der Waals surface area contributed by atoms with E-state index in [1.165, 1.54) is 57.1 Å². The van der Waals surface area contributed by atoms with Gasteiger partial charge in [-0.25, -0.2) is 0 Å². The molecule has 3 heterocycles. The molecule has 4 fully saturated rings. The lowest BCUT2D eigenvalue weighted by Crippen LogP contribution is -2.63. The van der Waals surface area contributed by atoms with Gasteiger partial charge in [-0.05, 0) is 76.0 Å². The number of hydroxylamine groups is 1. The molecule has 306 valence electrons. The van der Waals surface area contributed by atoms with Crippen LogP contribution in [0.1, 0.15) is 154 Å². The Bertz CT molecular complexity index is 1590. The number of amides is 3. The number of likely N-dealkylation sites (tertiary alicyclic amines) is 1. The van der Waals surface area contributed by atoms with Crippen LogP contribution in [0, 0.1) is 5.92 Å². The second-order valence-electron chi connectivity index (χ2n) is 17.7. The summed E-state index contributed by atoms with van der Waals surface area (Å²) in [5.41, 5.74) is 5.64. The van der Waals surface area contributed by atoms with E-state index in [-0.39, 0.29) is 54.4 Å². The van der Waals surface area contributed by atoms with Crippen molar-refractivity contribution in [1.82, 2.24) is 21.0 Å². The smallest absolute Gasteiger partial charge is 0.243 e. The molecule has 2 saturated heterocycles. The Morgan fingerprint density at radius 3 is 2.07 bits per heavy atom. The standard InChI is InChI=1S/C46H68N6O4/c1-33-32-46(50-56-33,36-23-14-7-6-8-15-24-36)45(55)49-39(31-42(53)51-30-20-29-40(51)35-21-12-11-13-22-35)44(54)47-34(2)43-48-38-27-18-19-28-41(38)52(43)37-25-16-9-4-3-5-10-17-26-37/h11-13,18-19,21-22,27-28,33-34,36-37,39-40,43,48,50H,3-10,14-17,20,23-26,29-32H2,1-2H3,(H,47,54)(H,49,55)/t33?,34-,39-,40+,43?,46?/m0/s1. The van der Waals surface area contributed by atoms with Crippen molar-refractivity contribution in [3.63, 3.8) is 0 Å². The van der Waals surface area contributed by atoms with Crippen LogP contribution in [0.25, 0.3) is 0 Å². The predicted octanol–water partition coefficient (Wildman–Crippen LogP) is 8.29. The summed E-state index contributed by atoms with van der Waals surface area (Å²) < 4.78 is 0. The van der Waals surface area contributed by atoms with Gasteiger partial charge in [-0.2, -0.15) is 5.48 Å². The van der Waals surface area contributed by atoms with Crippen LogP contribution in [-0.4, -0.2) is 65.1 Å². The van der Waals surface area contributed by atoms with Crippen LogP contribution in [0.15, 0.2) is 54.6 Å². The van der Waals surface area contributed by atoms with Crippen molar-refractivity contribution in [2.24, 2.45) is 5.92 Å². The van der Waals surface area contributed by atoms with E-state index < -0.39 is 11.6 Å². The molecule has 4 N–H and O–H groups in total. The molecule has 0 radical (unpaired) electrons. The summed E-state index contributed by atoms with van der Waals surface area (Å²) >= 11 is 0. The fourth-order valence-electron chi connectivity index (χ4n) is 10.6. The number of carbonyl (C=O) groups is 3. The van der Waals surface area contributed by atoms with Gasteiger partial charge in [0.25, 0.3) is 0 Å². The largest absolute Gasteiger partial charge is 0.362 e. The lowest BCUT2D eigenvalue weighted by atomic mass is 9.73. The second kappa shape index (κ2) is 19.2. The summed E-state index contributed by atoms with van der Waals surface area (Å²) in [4.78, 5) is 54.3. The maximum atomic E-state index is 14.8. The molecule has 7 rings (SSSR count). The maximum absolute atomic E-state index is 14.8. The first-order chi connectivity index (χ1) is 27.3. The van der Waals surface area contributed by atoms with Gasteiger partial charge in [0, 0.05) is 19.0 Å². The third-order valence-corrected chi connectivity index (χ3v) is 13.6. The van der Waals surface area contributed by atoms with Crippen LogP contribution in [0.3, 0.4) is 0 Å². The van der Waals surface area contributed by atoms with Crippen molar-refractivity contribution in [2.75, 3.05) is 16.8 Å². The zero-order chi connectivity index (χ0) is 38.9. The van der Waals surface area contributed by atoms with E-state index in [0.717, 1.165) is 75.5 Å². The van der Waals surface area contributed by atoms with Crippen LogP contribution >= 0.6 is 0 Å². The Morgan fingerprint density at radius 2 is 1.41 bits per heavy atom. The Morgan fingerprint density at radius 1 is 0.786 bits per heavy atom. The van der Waals surface area contributed by atoms with Crippen LogP contribution in [-0.2, 0) is 19.2 Å². The predicted molar refractivity (Wildman–Crippen MR) is 223 cm³/mol. The van der Waals surface area contributed by atoms with E-state index in [2.05, 4.69) is 69.7 Å². The highest BCUT2D eigenvalue weighted by molar-refractivity contribution is 5.95. The number of para-hydroxylation sites is 2. The Kier molecular flexibility index (Phi) is 13.9. The molecule has 56 heavy (non-hydrogen) atoms. The van der Waals surface area contributed by atoms with Crippen molar-refractivity contribution >= 4 is 29.1 Å². The topological polar surface area (TPSA) is 115 Å². The fourth-order valence-corrected chi connectivity index (χ4v) is 10.6. The van der Waals surface area contributed by atoms with Gasteiger partial charge in [0.2, 0.25) is 17.7 Å². The number of rotatable bonds is 10. The van der Waals surface area contributed by atoms with Crippen LogP contribution in [0.4, 0.5) is 11.4 Å². The number of nitrogens with zero attached hydrogens (tertiary/aromatic N) is 2. The van der Waals surface area contributed by atoms with Crippen molar-refractivity contribution in [3.8, 4) is 0 Å². The molecule has 5 aliphatic rings. The molecule has 3 aliphatic heterocycles. The quantitative estimate of drug-likeness (QED) is 0.192. The van der Waals surface area contributed by atoms with Crippen LogP contribution in [0.5, 0.6) is 0 Å². The first-order valence-corrected chi connectivity index (χ1v) is 22.4. The molecule has 0 aromatic heterocycles. The summed E-state index contributed by atoms with van der Waals surface area (Å²) in [6, 6.07) is 17.6. The fraction of sp³-hybridized carbons (Fsp3) is 0.674. The van der Waals surface area contributed by atoms with E-state index in [1.54, 1.807) is 0 Å². The summed E-state index contributed by atoms with van der Waals surface area (Å²) in [6.45, 7) is 4.69. The molecule has 0 bridgehead atoms. The highest BCUT2D eigenvalue weighted by Gasteiger charge is 2.52. The molecule has 10 nitrogen and oxygen atoms in total. The van der Waals surface area contributed by atoms with Gasteiger partial charge in [0.05, 0.1) is 36.0 Å². The molecule has 6 atom stereocenters. The molecule has 3 amide bonds. The van der Waals surface area contributed by atoms with Gasteiger partial charge in [-0.15, -0.1) is 0 Å². The molecule has 0 spiro atoms. The molecule has 2 aromatic carbocycles. The minimum atomic E-state index is -1.04. The first kappa shape index (κ1) is 40.6. The highest BCUT2D eigenvalue weighted by atomic mass is 16.7. The van der Waals surface area contributed by atoms with Gasteiger partial charge in [-0.3, -0.25) is 19.2 Å². The monoisotopic (exact) mass is 769 g/mol. The van der Waals surface area contributed by atoms with Crippen molar-refractivity contribution in [2.45, 2.75) is 184 Å². The first-order valence-electron chi connectivity index (χ1n) is 22.4. The van der Waals surface area contributed by atoms with E-state index in [1.807, 2.05) is 30.0 Å². The normalized spacial score (nSPS) is 28.0. The summed E-state index contributed by atoms with van der Waals surface area (Å²) in [6.07, 6.45) is 20.6. The lowest BCUT2D eigenvalue weighted by molar-refractivity contribution is -0.140. The molecular formula is C46H68N6O4. The van der Waals surface area contributed by atoms with E-state index >= 15 is 0 Å². The second-order valence-corrected chi connectivity index (χ2v) is 17.7. The zero-order valence-electron chi connectivity index (χ0n) is 34.1. The molecular weight excluding hydrogens is 701 g/mol. The molecule has 3 unspecified atom stereocenters. The number of anilines is 2. The van der Waals surface area contributed by atoms with E-state index in [0.29, 0.717) is 19.0 Å². The van der Waals surface area contributed by atoms with Crippen LogP contribution < -0.4 is 26.3 Å². The zero-order valence-corrected chi connectivity index (χ0v) is 34.1. The maximum Gasteiger partial charge on any atom is 0.243 e. The van der Waals surface area contributed by atoms with Crippen LogP contribution in [0.2, 0.25) is 0 Å². The minimum absolute atomic E-state index is 0.0407. The summed E-state index contributed by atoms with van der Waals surface area (Å²) in [7, 11) is 0. The van der Waals surface area contributed by atoms with Gasteiger partial charge in [-0.1, -0.05) is 120 Å². The number of carbonyl (C=O) groups excluding carboxylic acids is 3. The SMILES string of the molecule is CC1CC(C(=O)N[C@@H](CC(=O)N2CCC[C@@H]2c2ccccc2)C(=O)N[C@@H](C)C2Nc3ccccc3N2C2CCCCCCCCC2)(C2CCCCCCC2)NO1. The van der Waals surface area contributed by atoms with E-state index in [4.69, 9.17) is 4.84 Å². The summed E-state index contributed by atoms with van der Waals surface area (Å²) in [5.74, 6) is -0.580. The third kappa shape index (κ3) is 9.39. The van der Waals surface area contributed by atoms with Crippen molar-refractivity contribution in [3.05, 3.63) is 60.2 Å². The van der Waals surface area contributed by atoms with Crippen molar-refractivity contribution < 1.29 is 19.2 Å². The molecule has 10 heteroatoms. The third-order valence-electron chi connectivity index (χ3n) is 13.6. The Balaban J connectivity index is 1.13. The number of hydrogen-bond donors (Lipinski definition) is 4. The average molecular weight is 769 g/mol. The molecule has 2 aliphatic carbocycles. The van der Waals surface area contributed by atoms with Gasteiger partial charge >= 0.3 is 0 Å². The number of benzene rings is 2. The highest BCUT2D eigenvalue weighted by Crippen LogP contribution is 2.41. The number of fused-ring (bicyclic) bond motifs is 1. The van der Waals surface area contributed by atoms with E-state index in [9.17, 15) is 14.4 Å². The summed E-state index contributed by atoms with van der Waals surface area (Å²) in [5, 5.41) is 10.3. The minimum Gasteiger partial charge on any atom is -0.362 e.